The van der Waals surface area contributed by atoms with E-state index in [-0.39, 0.29) is 31.7 Å². The van der Waals surface area contributed by atoms with Gasteiger partial charge in [-0.3, -0.25) is 4.79 Å². The van der Waals surface area contributed by atoms with E-state index >= 15 is 0 Å². The maximum absolute atomic E-state index is 13.3. The number of halogens is 3. The van der Waals surface area contributed by atoms with Crippen LogP contribution in [0.3, 0.4) is 0 Å². The number of imidazole rings is 1. The van der Waals surface area contributed by atoms with Crippen LogP contribution in [-0.4, -0.2) is 48.5 Å². The first-order valence-corrected chi connectivity index (χ1v) is 11.0. The second-order valence-electron chi connectivity index (χ2n) is 7.22. The molecule has 170 valence electrons. The van der Waals surface area contributed by atoms with Gasteiger partial charge >= 0.3 is 6.18 Å². The summed E-state index contributed by atoms with van der Waals surface area (Å²) in [4.78, 5) is 26.6. The summed E-state index contributed by atoms with van der Waals surface area (Å²) in [5.74, 6) is -0.853. The highest BCUT2D eigenvalue weighted by Crippen LogP contribution is 2.33. The summed E-state index contributed by atoms with van der Waals surface area (Å²) in [6.45, 7) is 0.350. The molecule has 0 saturated heterocycles. The summed E-state index contributed by atoms with van der Waals surface area (Å²) in [5.41, 5.74) is 2.95. The molecule has 3 aromatic rings. The minimum Gasteiger partial charge on any atom is -0.480 e. The fourth-order valence-electron chi connectivity index (χ4n) is 3.87. The summed E-state index contributed by atoms with van der Waals surface area (Å²) >= 11 is 0. The first-order valence-electron chi connectivity index (χ1n) is 9.62. The highest BCUT2D eigenvalue weighted by Gasteiger charge is 2.39. The van der Waals surface area contributed by atoms with Gasteiger partial charge in [0.15, 0.2) is 0 Å². The number of fused-ring (bicyclic) bond motifs is 2. The van der Waals surface area contributed by atoms with E-state index in [1.807, 2.05) is 11.6 Å². The number of alkyl halides is 3. The Kier molecular flexibility index (Phi) is 5.98. The zero-order valence-corrected chi connectivity index (χ0v) is 19.7. The average Bonchev–Trinajstić information content (AvgIpc) is 3.27. The Balaban J connectivity index is 1.63. The molecule has 0 N–H and O–H groups in total. The van der Waals surface area contributed by atoms with Crippen LogP contribution in [0.4, 0.5) is 13.2 Å². The lowest BCUT2D eigenvalue weighted by Crippen LogP contribution is -2.35. The van der Waals surface area contributed by atoms with Crippen LogP contribution >= 0.6 is 18.5 Å². The summed E-state index contributed by atoms with van der Waals surface area (Å²) in [6.07, 6.45) is 0.225. The molecule has 1 amide bonds. The molecule has 4 rings (SSSR count). The normalized spacial score (nSPS) is 14.4. The van der Waals surface area contributed by atoms with Crippen molar-refractivity contribution in [3.05, 3.63) is 35.2 Å². The average molecular weight is 484 g/mol. The molecule has 13 heteroatoms. The van der Waals surface area contributed by atoms with Gasteiger partial charge in [0.05, 0.1) is 30.4 Å². The van der Waals surface area contributed by atoms with Crippen LogP contribution in [-0.2, 0) is 37.3 Å². The van der Waals surface area contributed by atoms with Crippen LogP contribution in [0.1, 0.15) is 22.8 Å². The molecule has 3 aromatic heterocycles. The fourth-order valence-corrected chi connectivity index (χ4v) is 4.63. The van der Waals surface area contributed by atoms with E-state index in [9.17, 15) is 18.0 Å². The minimum absolute atomic E-state index is 0.0429. The van der Waals surface area contributed by atoms with E-state index in [1.165, 1.54) is 24.4 Å². The van der Waals surface area contributed by atoms with Gasteiger partial charge in [0, 0.05) is 43.4 Å². The molecule has 0 radical (unpaired) electrons. The van der Waals surface area contributed by atoms with Gasteiger partial charge in [-0.2, -0.15) is 13.2 Å². The molecule has 2 atom stereocenters. The van der Waals surface area contributed by atoms with Crippen LogP contribution in [0.2, 0.25) is 0 Å². The lowest BCUT2D eigenvalue weighted by molar-refractivity contribution is -0.147. The molecular weight excluding hydrogens is 463 g/mol. The van der Waals surface area contributed by atoms with Gasteiger partial charge in [0.25, 0.3) is 0 Å². The number of aromatic nitrogens is 5. The predicted octanol–water partition coefficient (Wildman–Crippen LogP) is 2.12. The van der Waals surface area contributed by atoms with Crippen LogP contribution < -0.4 is 10.2 Å². The molecule has 4 heterocycles. The number of hydrogen-bond donors (Lipinski definition) is 0. The van der Waals surface area contributed by atoms with E-state index in [2.05, 4.69) is 33.4 Å². The van der Waals surface area contributed by atoms with Gasteiger partial charge in [0.1, 0.15) is 12.0 Å². The van der Waals surface area contributed by atoms with E-state index < -0.39 is 12.0 Å². The molecule has 0 spiro atoms. The van der Waals surface area contributed by atoms with Crippen LogP contribution in [0.25, 0.3) is 17.1 Å². The Hall–Kier alpha value is -2.51. The molecule has 0 aromatic carbocycles. The molecule has 1 aliphatic heterocycles. The van der Waals surface area contributed by atoms with Gasteiger partial charge < -0.3 is 18.8 Å². The number of aryl methyl sites for hydroxylation is 1. The lowest BCUT2D eigenvalue weighted by Gasteiger charge is -2.26. The van der Waals surface area contributed by atoms with Gasteiger partial charge in [-0.05, 0) is 6.08 Å². The number of carbonyl (C=O) groups is 1. The first-order chi connectivity index (χ1) is 15.2. The van der Waals surface area contributed by atoms with Crippen LogP contribution in [0, 0.1) is 0 Å². The van der Waals surface area contributed by atoms with Crippen molar-refractivity contribution in [2.45, 2.75) is 25.4 Å². The van der Waals surface area contributed by atoms with Crippen molar-refractivity contribution in [1.82, 2.24) is 29.0 Å². The van der Waals surface area contributed by atoms with Gasteiger partial charge in [-0.25, -0.2) is 15.0 Å². The number of methoxy groups -OCH3 is 1. The van der Waals surface area contributed by atoms with Gasteiger partial charge in [-0.1, -0.05) is 9.24 Å². The lowest BCUT2D eigenvalue weighted by atomic mass is 10.1. The highest BCUT2D eigenvalue weighted by atomic mass is 31.0. The van der Waals surface area contributed by atoms with Crippen molar-refractivity contribution in [2.24, 2.45) is 7.05 Å². The molecule has 0 saturated carbocycles. The second kappa shape index (κ2) is 8.45. The number of carbonyl (C=O) groups excluding carboxylic acids is 1. The van der Waals surface area contributed by atoms with E-state index in [4.69, 9.17) is 4.74 Å². The molecule has 2 unspecified atom stereocenters. The van der Waals surface area contributed by atoms with E-state index in [0.717, 1.165) is 10.0 Å². The van der Waals surface area contributed by atoms with Crippen LogP contribution in [0.5, 0.6) is 5.88 Å². The molecule has 32 heavy (non-hydrogen) atoms. The topological polar surface area (TPSA) is 78.1 Å². The van der Waals surface area contributed by atoms with Crippen molar-refractivity contribution in [3.63, 3.8) is 0 Å². The minimum atomic E-state index is -4.55. The zero-order chi connectivity index (χ0) is 23.2. The summed E-state index contributed by atoms with van der Waals surface area (Å²) < 4.78 is 48.2. The number of hydrogen-bond acceptors (Lipinski definition) is 5. The SMILES string of the molecule is COc1ncnc2c1c(/C=C/C(=O)N1CCc3nc(C(F)(F)F)n(CP)c3C1)c(P)n2C. The van der Waals surface area contributed by atoms with Crippen molar-refractivity contribution < 1.29 is 22.7 Å². The Morgan fingerprint density at radius 2 is 2.09 bits per heavy atom. The quantitative estimate of drug-likeness (QED) is 0.419. The smallest absolute Gasteiger partial charge is 0.449 e. The monoisotopic (exact) mass is 484 g/mol. The van der Waals surface area contributed by atoms with Crippen LogP contribution in [0.15, 0.2) is 12.4 Å². The first kappa shape index (κ1) is 22.7. The largest absolute Gasteiger partial charge is 0.480 e. The predicted molar refractivity (Wildman–Crippen MR) is 119 cm³/mol. The van der Waals surface area contributed by atoms with Gasteiger partial charge in [0.2, 0.25) is 17.6 Å². The Morgan fingerprint density at radius 1 is 1.34 bits per heavy atom. The number of nitrogens with zero attached hydrogens (tertiary/aromatic N) is 6. The number of ether oxygens (including phenoxy) is 1. The van der Waals surface area contributed by atoms with E-state index in [1.54, 1.807) is 6.08 Å². The number of amides is 1. The summed E-state index contributed by atoms with van der Waals surface area (Å²) in [5, 5.41) is 0.670. The van der Waals surface area contributed by atoms with Crippen molar-refractivity contribution in [1.29, 1.82) is 0 Å². The zero-order valence-electron chi connectivity index (χ0n) is 17.3. The van der Waals surface area contributed by atoms with E-state index in [0.29, 0.717) is 33.9 Å². The standard InChI is InChI=1S/C19H21F3N6O2P2/c1-26-15-14(16(30-2)24-8-23-15)10(17(26)32)3-4-13(29)27-6-5-11-12(7-27)28(9-31)18(25-11)19(20,21)22/h3-4,8H,5-7,9,31-32H2,1-2H3/b4-3+. The maximum atomic E-state index is 13.3. The third-order valence-electron chi connectivity index (χ3n) is 5.47. The molecule has 1 aliphatic rings. The molecule has 0 aliphatic carbocycles. The molecular formula is C19H21F3N6O2P2. The summed E-state index contributed by atoms with van der Waals surface area (Å²) in [6, 6.07) is 0. The van der Waals surface area contributed by atoms with Gasteiger partial charge in [-0.15, -0.1) is 9.24 Å². The molecule has 8 nitrogen and oxygen atoms in total. The summed E-state index contributed by atoms with van der Waals surface area (Å²) in [7, 11) is 8.24. The Morgan fingerprint density at radius 3 is 2.75 bits per heavy atom. The van der Waals surface area contributed by atoms with Crippen molar-refractivity contribution >= 4 is 46.9 Å². The third kappa shape index (κ3) is 3.77. The van der Waals surface area contributed by atoms with Crippen molar-refractivity contribution in [2.75, 3.05) is 13.7 Å². The molecule has 0 fully saturated rings. The molecule has 0 bridgehead atoms. The highest BCUT2D eigenvalue weighted by molar-refractivity contribution is 7.27. The Bertz CT molecular complexity index is 1230. The third-order valence-corrected chi connectivity index (χ3v) is 6.53. The maximum Gasteiger partial charge on any atom is 0.449 e. The van der Waals surface area contributed by atoms with Crippen molar-refractivity contribution in [3.8, 4) is 5.88 Å². The number of rotatable bonds is 4. The second-order valence-corrected chi connectivity index (χ2v) is 8.13. The Labute approximate surface area is 186 Å². The fraction of sp³-hybridized carbons (Fsp3) is 0.368.